The molecule has 0 fully saturated rings. The first-order valence-corrected chi connectivity index (χ1v) is 7.93. The van der Waals surface area contributed by atoms with Crippen LogP contribution in [0.15, 0.2) is 23.1 Å². The summed E-state index contributed by atoms with van der Waals surface area (Å²) in [5, 5.41) is 0. The SMILES string of the molecule is CCOc1ccc(S(=O)(=O)NCC(=O)N(C)C)cc1C(N)=O. The average Bonchev–Trinajstić information content (AvgIpc) is 2.45. The van der Waals surface area contributed by atoms with E-state index < -0.39 is 21.8 Å². The number of hydrogen-bond acceptors (Lipinski definition) is 5. The first kappa shape index (κ1) is 17.9. The topological polar surface area (TPSA) is 119 Å². The van der Waals surface area contributed by atoms with Crippen LogP contribution in [0.1, 0.15) is 17.3 Å². The van der Waals surface area contributed by atoms with E-state index in [9.17, 15) is 18.0 Å². The molecule has 0 aliphatic rings. The first-order valence-electron chi connectivity index (χ1n) is 6.45. The number of nitrogens with zero attached hydrogens (tertiary/aromatic N) is 1. The molecule has 1 rings (SSSR count). The lowest BCUT2D eigenvalue weighted by atomic mass is 10.2. The van der Waals surface area contributed by atoms with E-state index in [-0.39, 0.29) is 22.8 Å². The van der Waals surface area contributed by atoms with Crippen molar-refractivity contribution >= 4 is 21.8 Å². The van der Waals surface area contributed by atoms with Crippen molar-refractivity contribution in [1.29, 1.82) is 0 Å². The predicted molar refractivity (Wildman–Crippen MR) is 80.0 cm³/mol. The van der Waals surface area contributed by atoms with E-state index in [2.05, 4.69) is 4.72 Å². The zero-order chi connectivity index (χ0) is 16.9. The number of carbonyl (C=O) groups excluding carboxylic acids is 2. The third-order valence-corrected chi connectivity index (χ3v) is 4.14. The molecule has 1 aromatic rings. The highest BCUT2D eigenvalue weighted by atomic mass is 32.2. The van der Waals surface area contributed by atoms with Gasteiger partial charge in [-0.1, -0.05) is 0 Å². The van der Waals surface area contributed by atoms with Crippen molar-refractivity contribution in [3.63, 3.8) is 0 Å². The highest BCUT2D eigenvalue weighted by Gasteiger charge is 2.20. The molecule has 0 saturated heterocycles. The van der Waals surface area contributed by atoms with Gasteiger partial charge in [-0.3, -0.25) is 9.59 Å². The Morgan fingerprint density at radius 1 is 1.32 bits per heavy atom. The number of primary amides is 1. The summed E-state index contributed by atoms with van der Waals surface area (Å²) in [7, 11) is -0.912. The van der Waals surface area contributed by atoms with Crippen LogP contribution in [0.3, 0.4) is 0 Å². The summed E-state index contributed by atoms with van der Waals surface area (Å²) < 4.78 is 31.6. The van der Waals surface area contributed by atoms with Crippen LogP contribution in [0.2, 0.25) is 0 Å². The number of carbonyl (C=O) groups is 2. The van der Waals surface area contributed by atoms with Crippen LogP contribution in [0.5, 0.6) is 5.75 Å². The molecule has 0 aliphatic heterocycles. The van der Waals surface area contributed by atoms with Crippen LogP contribution < -0.4 is 15.2 Å². The van der Waals surface area contributed by atoms with Gasteiger partial charge in [-0.15, -0.1) is 0 Å². The van der Waals surface area contributed by atoms with E-state index in [4.69, 9.17) is 10.5 Å². The number of nitrogens with one attached hydrogen (secondary N) is 1. The third-order valence-electron chi connectivity index (χ3n) is 2.74. The minimum Gasteiger partial charge on any atom is -0.493 e. The van der Waals surface area contributed by atoms with Gasteiger partial charge in [-0.25, -0.2) is 13.1 Å². The van der Waals surface area contributed by atoms with Crippen LogP contribution in [0.4, 0.5) is 0 Å². The molecule has 0 atom stereocenters. The van der Waals surface area contributed by atoms with E-state index >= 15 is 0 Å². The molecule has 1 aromatic carbocycles. The van der Waals surface area contributed by atoms with Gasteiger partial charge >= 0.3 is 0 Å². The van der Waals surface area contributed by atoms with Gasteiger partial charge in [-0.2, -0.15) is 0 Å². The molecule has 2 amide bonds. The van der Waals surface area contributed by atoms with Crippen molar-refractivity contribution < 1.29 is 22.7 Å². The van der Waals surface area contributed by atoms with Gasteiger partial charge in [0.1, 0.15) is 5.75 Å². The normalized spacial score (nSPS) is 11.0. The Kier molecular flexibility index (Phi) is 5.89. The Balaban J connectivity index is 3.07. The van der Waals surface area contributed by atoms with Crippen molar-refractivity contribution in [2.24, 2.45) is 5.73 Å². The van der Waals surface area contributed by atoms with Gasteiger partial charge in [0.25, 0.3) is 5.91 Å². The number of rotatable bonds is 7. The highest BCUT2D eigenvalue weighted by Crippen LogP contribution is 2.22. The van der Waals surface area contributed by atoms with Gasteiger partial charge in [0, 0.05) is 14.1 Å². The van der Waals surface area contributed by atoms with Crippen molar-refractivity contribution in [1.82, 2.24) is 9.62 Å². The number of sulfonamides is 1. The van der Waals surface area contributed by atoms with Gasteiger partial charge in [0.05, 0.1) is 23.6 Å². The van der Waals surface area contributed by atoms with Gasteiger partial charge in [-0.05, 0) is 25.1 Å². The van der Waals surface area contributed by atoms with Crippen molar-refractivity contribution in [2.75, 3.05) is 27.2 Å². The summed E-state index contributed by atoms with van der Waals surface area (Å²) >= 11 is 0. The van der Waals surface area contributed by atoms with E-state index in [0.29, 0.717) is 6.61 Å². The number of amides is 2. The lowest BCUT2D eigenvalue weighted by Gasteiger charge is -2.13. The Labute approximate surface area is 129 Å². The molecule has 0 aliphatic carbocycles. The zero-order valence-corrected chi connectivity index (χ0v) is 13.4. The van der Waals surface area contributed by atoms with Crippen molar-refractivity contribution in [3.05, 3.63) is 23.8 Å². The van der Waals surface area contributed by atoms with Crippen LogP contribution in [-0.2, 0) is 14.8 Å². The zero-order valence-electron chi connectivity index (χ0n) is 12.6. The highest BCUT2D eigenvalue weighted by molar-refractivity contribution is 7.89. The van der Waals surface area contributed by atoms with E-state index in [0.717, 1.165) is 6.07 Å². The van der Waals surface area contributed by atoms with E-state index in [1.807, 2.05) is 0 Å². The lowest BCUT2D eigenvalue weighted by molar-refractivity contribution is -0.127. The summed E-state index contributed by atoms with van der Waals surface area (Å²) in [5.74, 6) is -0.993. The summed E-state index contributed by atoms with van der Waals surface area (Å²) in [6, 6.07) is 3.75. The third kappa shape index (κ3) is 4.43. The minimum atomic E-state index is -3.94. The van der Waals surface area contributed by atoms with Crippen LogP contribution in [0, 0.1) is 0 Å². The van der Waals surface area contributed by atoms with Crippen LogP contribution >= 0.6 is 0 Å². The fourth-order valence-electron chi connectivity index (χ4n) is 1.55. The van der Waals surface area contributed by atoms with Gasteiger partial charge in [0.15, 0.2) is 0 Å². The molecule has 3 N–H and O–H groups in total. The largest absolute Gasteiger partial charge is 0.493 e. The summed E-state index contributed by atoms with van der Waals surface area (Å²) in [6.07, 6.45) is 0. The number of hydrogen-bond donors (Lipinski definition) is 2. The quantitative estimate of drug-likeness (QED) is 0.702. The fraction of sp³-hybridized carbons (Fsp3) is 0.385. The maximum absolute atomic E-state index is 12.1. The number of ether oxygens (including phenoxy) is 1. The summed E-state index contributed by atoms with van der Waals surface area (Å²) in [4.78, 5) is 23.9. The Morgan fingerprint density at radius 2 is 1.95 bits per heavy atom. The molecule has 22 heavy (non-hydrogen) atoms. The van der Waals surface area contributed by atoms with Gasteiger partial charge < -0.3 is 15.4 Å². The van der Waals surface area contributed by atoms with Crippen molar-refractivity contribution in [3.8, 4) is 5.75 Å². The summed E-state index contributed by atoms with van der Waals surface area (Å²) in [5.41, 5.74) is 5.19. The van der Waals surface area contributed by atoms with E-state index in [1.165, 1.54) is 31.1 Å². The standard InChI is InChI=1S/C13H19N3O5S/c1-4-21-11-6-5-9(7-10(11)13(14)18)22(19,20)15-8-12(17)16(2)3/h5-7,15H,4,8H2,1-3H3,(H2,14,18). The molecule has 0 unspecified atom stereocenters. The maximum atomic E-state index is 12.1. The second-order valence-electron chi connectivity index (χ2n) is 4.57. The van der Waals surface area contributed by atoms with Crippen LogP contribution in [0.25, 0.3) is 0 Å². The Hall–Kier alpha value is -2.13. The minimum absolute atomic E-state index is 0.0383. The summed E-state index contributed by atoms with van der Waals surface area (Å²) in [6.45, 7) is 1.65. The van der Waals surface area contributed by atoms with Gasteiger partial charge in [0.2, 0.25) is 15.9 Å². The number of likely N-dealkylation sites (N-methyl/N-ethyl adjacent to an activating group) is 1. The number of nitrogens with two attached hydrogens (primary N) is 1. The van der Waals surface area contributed by atoms with Crippen LogP contribution in [-0.4, -0.2) is 52.4 Å². The second kappa shape index (κ2) is 7.23. The molecule has 9 heteroatoms. The Morgan fingerprint density at radius 3 is 2.45 bits per heavy atom. The predicted octanol–water partition coefficient (Wildman–Crippen LogP) is -0.449. The number of benzene rings is 1. The smallest absolute Gasteiger partial charge is 0.252 e. The monoisotopic (exact) mass is 329 g/mol. The maximum Gasteiger partial charge on any atom is 0.252 e. The van der Waals surface area contributed by atoms with E-state index in [1.54, 1.807) is 6.92 Å². The molecular weight excluding hydrogens is 310 g/mol. The van der Waals surface area contributed by atoms with Crippen molar-refractivity contribution in [2.45, 2.75) is 11.8 Å². The lowest BCUT2D eigenvalue weighted by Crippen LogP contribution is -2.36. The average molecular weight is 329 g/mol. The molecule has 122 valence electrons. The molecular formula is C13H19N3O5S. The molecule has 0 spiro atoms. The molecule has 0 saturated carbocycles. The Bertz CT molecular complexity index is 670. The molecule has 0 radical (unpaired) electrons. The molecule has 0 bridgehead atoms. The molecule has 0 heterocycles. The second-order valence-corrected chi connectivity index (χ2v) is 6.33. The molecule has 8 nitrogen and oxygen atoms in total. The molecule has 0 aromatic heterocycles. The fourth-order valence-corrected chi connectivity index (χ4v) is 2.55. The first-order chi connectivity index (χ1) is 10.2.